The van der Waals surface area contributed by atoms with Gasteiger partial charge in [-0.05, 0) is 29.5 Å². The Labute approximate surface area is 108 Å². The van der Waals surface area contributed by atoms with Gasteiger partial charge in [0.15, 0.2) is 0 Å². The lowest BCUT2D eigenvalue weighted by Gasteiger charge is -2.31. The molecule has 1 aliphatic carbocycles. The summed E-state index contributed by atoms with van der Waals surface area (Å²) in [6, 6.07) is 18.6. The van der Waals surface area contributed by atoms with Crippen molar-refractivity contribution in [3.63, 3.8) is 0 Å². The van der Waals surface area contributed by atoms with Crippen molar-refractivity contribution in [2.24, 2.45) is 0 Å². The van der Waals surface area contributed by atoms with Gasteiger partial charge < -0.3 is 5.11 Å². The van der Waals surface area contributed by atoms with E-state index in [1.807, 2.05) is 24.3 Å². The number of benzene rings is 2. The first-order chi connectivity index (χ1) is 8.72. The summed E-state index contributed by atoms with van der Waals surface area (Å²) < 4.78 is 0. The van der Waals surface area contributed by atoms with Crippen molar-refractivity contribution in [3.8, 4) is 0 Å². The minimum atomic E-state index is -0.710. The van der Waals surface area contributed by atoms with Crippen LogP contribution in [0.1, 0.15) is 36.0 Å². The Morgan fingerprint density at radius 2 is 1.67 bits per heavy atom. The monoisotopic (exact) mass is 238 g/mol. The van der Waals surface area contributed by atoms with Crippen molar-refractivity contribution >= 4 is 0 Å². The molecular weight excluding hydrogens is 220 g/mol. The minimum Gasteiger partial charge on any atom is -0.385 e. The first-order valence-electron chi connectivity index (χ1n) is 6.57. The van der Waals surface area contributed by atoms with Gasteiger partial charge >= 0.3 is 0 Å². The van der Waals surface area contributed by atoms with Crippen LogP contribution in [0, 0.1) is 0 Å². The summed E-state index contributed by atoms with van der Waals surface area (Å²) in [6.07, 6.45) is 1.80. The Morgan fingerprint density at radius 3 is 2.44 bits per heavy atom. The van der Waals surface area contributed by atoms with Crippen molar-refractivity contribution in [3.05, 3.63) is 71.3 Å². The summed E-state index contributed by atoms with van der Waals surface area (Å²) in [5.41, 5.74) is 2.90. The minimum absolute atomic E-state index is 0.127. The standard InChI is InChI=1S/C17H18O/c1-13(14-7-3-2-4-8-14)17(18)12-11-15-9-5-6-10-16(15)17/h2-10,13,18H,11-12H2,1H3. The van der Waals surface area contributed by atoms with Crippen LogP contribution in [0.4, 0.5) is 0 Å². The van der Waals surface area contributed by atoms with Gasteiger partial charge in [-0.1, -0.05) is 61.5 Å². The molecule has 0 fully saturated rings. The topological polar surface area (TPSA) is 20.2 Å². The van der Waals surface area contributed by atoms with E-state index in [2.05, 4.69) is 37.3 Å². The highest BCUT2D eigenvalue weighted by Gasteiger charge is 2.41. The van der Waals surface area contributed by atoms with Crippen molar-refractivity contribution < 1.29 is 5.11 Å². The second-order valence-electron chi connectivity index (χ2n) is 5.21. The third kappa shape index (κ3) is 1.67. The molecule has 18 heavy (non-hydrogen) atoms. The van der Waals surface area contributed by atoms with Crippen LogP contribution in [0.2, 0.25) is 0 Å². The van der Waals surface area contributed by atoms with E-state index in [0.29, 0.717) is 0 Å². The maximum Gasteiger partial charge on any atom is 0.0967 e. The quantitative estimate of drug-likeness (QED) is 0.847. The molecule has 2 unspecified atom stereocenters. The Kier molecular flexibility index (Phi) is 2.71. The fourth-order valence-corrected chi connectivity index (χ4v) is 3.09. The van der Waals surface area contributed by atoms with Gasteiger partial charge in [-0.2, -0.15) is 0 Å². The van der Waals surface area contributed by atoms with Gasteiger partial charge in [-0.3, -0.25) is 0 Å². The lowest BCUT2D eigenvalue weighted by atomic mass is 9.79. The normalized spacial score (nSPS) is 23.7. The molecule has 1 nitrogen and oxygen atoms in total. The van der Waals surface area contributed by atoms with Crippen molar-refractivity contribution in [1.82, 2.24) is 0 Å². The van der Waals surface area contributed by atoms with E-state index in [9.17, 15) is 5.11 Å². The number of fused-ring (bicyclic) bond motifs is 1. The van der Waals surface area contributed by atoms with E-state index in [1.54, 1.807) is 0 Å². The zero-order valence-electron chi connectivity index (χ0n) is 10.6. The lowest BCUT2D eigenvalue weighted by molar-refractivity contribution is 0.0145. The van der Waals surface area contributed by atoms with Gasteiger partial charge in [0.2, 0.25) is 0 Å². The van der Waals surface area contributed by atoms with Crippen molar-refractivity contribution in [1.29, 1.82) is 0 Å². The molecule has 0 aromatic heterocycles. The molecule has 1 N–H and O–H groups in total. The number of hydrogen-bond donors (Lipinski definition) is 1. The molecule has 0 saturated heterocycles. The van der Waals surface area contributed by atoms with Crippen molar-refractivity contribution in [2.45, 2.75) is 31.3 Å². The predicted octanol–water partition coefficient (Wildman–Crippen LogP) is 3.62. The smallest absolute Gasteiger partial charge is 0.0967 e. The molecule has 2 aromatic carbocycles. The lowest BCUT2D eigenvalue weighted by Crippen LogP contribution is -2.29. The molecular formula is C17H18O. The summed E-state index contributed by atoms with van der Waals surface area (Å²) in [5.74, 6) is 0.127. The highest BCUT2D eigenvalue weighted by Crippen LogP contribution is 2.46. The zero-order valence-corrected chi connectivity index (χ0v) is 10.6. The van der Waals surface area contributed by atoms with Crippen LogP contribution < -0.4 is 0 Å². The Hall–Kier alpha value is -1.60. The van der Waals surface area contributed by atoms with Crippen LogP contribution >= 0.6 is 0 Å². The van der Waals surface area contributed by atoms with E-state index in [4.69, 9.17) is 0 Å². The third-order valence-corrected chi connectivity index (χ3v) is 4.28. The van der Waals surface area contributed by atoms with Crippen LogP contribution in [-0.4, -0.2) is 5.11 Å². The van der Waals surface area contributed by atoms with E-state index < -0.39 is 5.60 Å². The van der Waals surface area contributed by atoms with Gasteiger partial charge in [0.1, 0.15) is 0 Å². The fourth-order valence-electron chi connectivity index (χ4n) is 3.09. The summed E-state index contributed by atoms with van der Waals surface area (Å²) >= 11 is 0. The van der Waals surface area contributed by atoms with Crippen LogP contribution in [0.25, 0.3) is 0 Å². The highest BCUT2D eigenvalue weighted by molar-refractivity contribution is 5.40. The second kappa shape index (κ2) is 4.25. The predicted molar refractivity (Wildman–Crippen MR) is 73.5 cm³/mol. The number of aliphatic hydroxyl groups is 1. The summed E-state index contributed by atoms with van der Waals surface area (Å²) in [4.78, 5) is 0. The number of hydrogen-bond acceptors (Lipinski definition) is 1. The van der Waals surface area contributed by atoms with Gasteiger partial charge in [-0.25, -0.2) is 0 Å². The first-order valence-corrected chi connectivity index (χ1v) is 6.57. The molecule has 0 spiro atoms. The summed E-state index contributed by atoms with van der Waals surface area (Å²) in [5, 5.41) is 11.1. The first kappa shape index (κ1) is 11.5. The molecule has 0 bridgehead atoms. The molecule has 3 rings (SSSR count). The molecule has 0 radical (unpaired) electrons. The summed E-state index contributed by atoms with van der Waals surface area (Å²) in [6.45, 7) is 2.12. The Morgan fingerprint density at radius 1 is 1.00 bits per heavy atom. The van der Waals surface area contributed by atoms with E-state index in [-0.39, 0.29) is 5.92 Å². The van der Waals surface area contributed by atoms with E-state index in [0.717, 1.165) is 18.4 Å². The molecule has 0 aliphatic heterocycles. The molecule has 92 valence electrons. The largest absolute Gasteiger partial charge is 0.385 e. The molecule has 1 aliphatic rings. The molecule has 2 aromatic rings. The van der Waals surface area contributed by atoms with Crippen LogP contribution in [0.15, 0.2) is 54.6 Å². The van der Waals surface area contributed by atoms with Gasteiger partial charge in [0.25, 0.3) is 0 Å². The molecule has 1 heteroatoms. The number of rotatable bonds is 2. The third-order valence-electron chi connectivity index (χ3n) is 4.28. The highest BCUT2D eigenvalue weighted by atomic mass is 16.3. The maximum absolute atomic E-state index is 11.1. The molecule has 0 saturated carbocycles. The maximum atomic E-state index is 11.1. The van der Waals surface area contributed by atoms with E-state index >= 15 is 0 Å². The number of aryl methyl sites for hydroxylation is 1. The molecule has 0 amide bonds. The second-order valence-corrected chi connectivity index (χ2v) is 5.21. The fraction of sp³-hybridized carbons (Fsp3) is 0.294. The summed E-state index contributed by atoms with van der Waals surface area (Å²) in [7, 11) is 0. The average molecular weight is 238 g/mol. The Balaban J connectivity index is 2.02. The van der Waals surface area contributed by atoms with Gasteiger partial charge in [0, 0.05) is 5.92 Å². The van der Waals surface area contributed by atoms with Crippen LogP contribution in [0.3, 0.4) is 0 Å². The average Bonchev–Trinajstić information content (AvgIpc) is 2.78. The molecule has 2 atom stereocenters. The molecule has 0 heterocycles. The Bertz CT molecular complexity index is 547. The van der Waals surface area contributed by atoms with Crippen molar-refractivity contribution in [2.75, 3.05) is 0 Å². The van der Waals surface area contributed by atoms with Gasteiger partial charge in [0.05, 0.1) is 5.60 Å². The SMILES string of the molecule is CC(c1ccccc1)C1(O)CCc2ccccc21. The van der Waals surface area contributed by atoms with Crippen LogP contribution in [0.5, 0.6) is 0 Å². The zero-order chi connectivity index (χ0) is 12.6. The van der Waals surface area contributed by atoms with E-state index in [1.165, 1.54) is 11.1 Å². The van der Waals surface area contributed by atoms with Gasteiger partial charge in [-0.15, -0.1) is 0 Å². The van der Waals surface area contributed by atoms with Crippen LogP contribution in [-0.2, 0) is 12.0 Å².